The fraction of sp³-hybridized carbons (Fsp3) is 0.545. The van der Waals surface area contributed by atoms with E-state index in [-0.39, 0.29) is 0 Å². The lowest BCUT2D eigenvalue weighted by molar-refractivity contribution is 0.762. The molecule has 0 fully saturated rings. The molecule has 92 valence electrons. The molecule has 0 amide bonds. The Bertz CT molecular complexity index is 488. The summed E-state index contributed by atoms with van der Waals surface area (Å²) in [7, 11) is 1.92. The van der Waals surface area contributed by atoms with Gasteiger partial charge in [0, 0.05) is 13.6 Å². The third-order valence-electron chi connectivity index (χ3n) is 2.45. The molecular formula is C11H17N5S. The van der Waals surface area contributed by atoms with Gasteiger partial charge in [0.25, 0.3) is 0 Å². The Balaban J connectivity index is 2.10. The number of aromatic nitrogens is 4. The highest BCUT2D eigenvalue weighted by Crippen LogP contribution is 2.26. The lowest BCUT2D eigenvalue weighted by atomic mass is 10.3. The van der Waals surface area contributed by atoms with Gasteiger partial charge in [0.1, 0.15) is 0 Å². The van der Waals surface area contributed by atoms with Crippen molar-refractivity contribution in [2.75, 3.05) is 11.9 Å². The van der Waals surface area contributed by atoms with E-state index in [0.29, 0.717) is 0 Å². The van der Waals surface area contributed by atoms with Gasteiger partial charge in [0.05, 0.1) is 11.4 Å². The molecule has 0 saturated carbocycles. The van der Waals surface area contributed by atoms with Crippen LogP contribution < -0.4 is 5.32 Å². The minimum absolute atomic E-state index is 0.882. The van der Waals surface area contributed by atoms with E-state index in [1.165, 1.54) is 6.42 Å². The second kappa shape index (κ2) is 5.27. The molecule has 2 aromatic rings. The summed E-state index contributed by atoms with van der Waals surface area (Å²) in [6.07, 6.45) is 2.33. The van der Waals surface area contributed by atoms with E-state index >= 15 is 0 Å². The second-order valence-corrected chi connectivity index (χ2v) is 4.96. The highest BCUT2D eigenvalue weighted by molar-refractivity contribution is 7.18. The summed E-state index contributed by atoms with van der Waals surface area (Å²) >= 11 is 1.57. The van der Waals surface area contributed by atoms with Gasteiger partial charge in [-0.05, 0) is 19.4 Å². The first-order chi connectivity index (χ1) is 8.20. The summed E-state index contributed by atoms with van der Waals surface area (Å²) < 4.78 is 1.84. The van der Waals surface area contributed by atoms with Crippen LogP contribution in [0.1, 0.15) is 25.5 Å². The molecule has 0 atom stereocenters. The average molecular weight is 251 g/mol. The summed E-state index contributed by atoms with van der Waals surface area (Å²) in [5, 5.41) is 17.7. The first-order valence-electron chi connectivity index (χ1n) is 5.79. The molecule has 0 aromatic carbocycles. The number of rotatable bonds is 5. The average Bonchev–Trinajstić information content (AvgIpc) is 2.86. The molecule has 5 nitrogen and oxygen atoms in total. The maximum atomic E-state index is 4.31. The van der Waals surface area contributed by atoms with Crippen LogP contribution in [-0.2, 0) is 7.05 Å². The van der Waals surface area contributed by atoms with Gasteiger partial charge in [-0.25, -0.2) is 0 Å². The van der Waals surface area contributed by atoms with E-state index in [1.807, 2.05) is 24.7 Å². The quantitative estimate of drug-likeness (QED) is 0.829. The van der Waals surface area contributed by atoms with Gasteiger partial charge < -0.3 is 5.32 Å². The van der Waals surface area contributed by atoms with E-state index < -0.39 is 0 Å². The van der Waals surface area contributed by atoms with Gasteiger partial charge in [-0.3, -0.25) is 4.68 Å². The Morgan fingerprint density at radius 2 is 2.24 bits per heavy atom. The van der Waals surface area contributed by atoms with Crippen molar-refractivity contribution >= 4 is 16.5 Å². The molecule has 0 aliphatic rings. The number of unbranched alkanes of at least 4 members (excludes halogenated alkanes) is 1. The molecule has 0 bridgehead atoms. The number of nitrogens with zero attached hydrogens (tertiary/aromatic N) is 4. The van der Waals surface area contributed by atoms with Crippen LogP contribution in [0.15, 0.2) is 6.07 Å². The summed E-state index contributed by atoms with van der Waals surface area (Å²) in [6, 6.07) is 2.02. The summed E-state index contributed by atoms with van der Waals surface area (Å²) in [5.74, 6) is 0. The maximum absolute atomic E-state index is 4.31. The maximum Gasteiger partial charge on any atom is 0.206 e. The highest BCUT2D eigenvalue weighted by Gasteiger charge is 2.10. The van der Waals surface area contributed by atoms with E-state index in [4.69, 9.17) is 0 Å². The van der Waals surface area contributed by atoms with E-state index in [1.54, 1.807) is 11.3 Å². The SMILES string of the molecule is CCCCNc1nnc(-c2cc(C)nn2C)s1. The van der Waals surface area contributed by atoms with E-state index in [0.717, 1.165) is 34.5 Å². The minimum Gasteiger partial charge on any atom is -0.360 e. The van der Waals surface area contributed by atoms with Crippen molar-refractivity contribution in [2.45, 2.75) is 26.7 Å². The van der Waals surface area contributed by atoms with Gasteiger partial charge in [0.2, 0.25) is 5.13 Å². The standard InChI is InChI=1S/C11H17N5S/c1-4-5-6-12-11-14-13-10(17-11)9-7-8(2)15-16(9)3/h7H,4-6H2,1-3H3,(H,12,14). The van der Waals surface area contributed by atoms with Gasteiger partial charge >= 0.3 is 0 Å². The first kappa shape index (κ1) is 12.0. The van der Waals surface area contributed by atoms with Crippen molar-refractivity contribution in [3.63, 3.8) is 0 Å². The predicted molar refractivity (Wildman–Crippen MR) is 70.2 cm³/mol. The number of nitrogens with one attached hydrogen (secondary N) is 1. The molecule has 0 aliphatic carbocycles. The molecule has 2 heterocycles. The Labute approximate surface area is 105 Å². The zero-order valence-electron chi connectivity index (χ0n) is 10.4. The van der Waals surface area contributed by atoms with Crippen LogP contribution in [0.3, 0.4) is 0 Å². The molecule has 2 aromatic heterocycles. The topological polar surface area (TPSA) is 55.6 Å². The molecule has 0 unspecified atom stereocenters. The van der Waals surface area contributed by atoms with Crippen molar-refractivity contribution in [1.29, 1.82) is 0 Å². The molecule has 2 rings (SSSR count). The second-order valence-electron chi connectivity index (χ2n) is 3.99. The van der Waals surface area contributed by atoms with Crippen molar-refractivity contribution in [3.8, 4) is 10.7 Å². The Morgan fingerprint density at radius 3 is 2.88 bits per heavy atom. The molecule has 17 heavy (non-hydrogen) atoms. The first-order valence-corrected chi connectivity index (χ1v) is 6.60. The zero-order chi connectivity index (χ0) is 12.3. The molecule has 0 aliphatic heterocycles. The lowest BCUT2D eigenvalue weighted by Crippen LogP contribution is -1.99. The van der Waals surface area contributed by atoms with Crippen molar-refractivity contribution in [3.05, 3.63) is 11.8 Å². The van der Waals surface area contributed by atoms with Crippen molar-refractivity contribution in [1.82, 2.24) is 20.0 Å². The van der Waals surface area contributed by atoms with Crippen LogP contribution in [0.5, 0.6) is 0 Å². The van der Waals surface area contributed by atoms with Crippen LogP contribution in [0.2, 0.25) is 0 Å². The van der Waals surface area contributed by atoms with Crippen LogP contribution in [-0.4, -0.2) is 26.5 Å². The van der Waals surface area contributed by atoms with E-state index in [2.05, 4.69) is 27.5 Å². The van der Waals surface area contributed by atoms with Crippen molar-refractivity contribution in [2.24, 2.45) is 7.05 Å². The number of hydrogen-bond acceptors (Lipinski definition) is 5. The highest BCUT2D eigenvalue weighted by atomic mass is 32.1. The summed E-state index contributed by atoms with van der Waals surface area (Å²) in [4.78, 5) is 0. The zero-order valence-corrected chi connectivity index (χ0v) is 11.2. The van der Waals surface area contributed by atoms with Gasteiger partial charge in [0.15, 0.2) is 5.01 Å². The smallest absolute Gasteiger partial charge is 0.206 e. The normalized spacial score (nSPS) is 10.8. The molecule has 1 N–H and O–H groups in total. The van der Waals surface area contributed by atoms with E-state index in [9.17, 15) is 0 Å². The molecule has 0 spiro atoms. The lowest BCUT2D eigenvalue weighted by Gasteiger charge is -1.98. The summed E-state index contributed by atoms with van der Waals surface area (Å²) in [5.41, 5.74) is 2.02. The Hall–Kier alpha value is -1.43. The third kappa shape index (κ3) is 2.82. The van der Waals surface area contributed by atoms with Gasteiger partial charge in [-0.1, -0.05) is 24.7 Å². The molecule has 0 saturated heterocycles. The fourth-order valence-electron chi connectivity index (χ4n) is 1.58. The molecule has 6 heteroatoms. The Kier molecular flexibility index (Phi) is 3.73. The molecular weight excluding hydrogens is 234 g/mol. The third-order valence-corrected chi connectivity index (χ3v) is 3.36. The van der Waals surface area contributed by atoms with Gasteiger partial charge in [-0.2, -0.15) is 5.10 Å². The van der Waals surface area contributed by atoms with Gasteiger partial charge in [-0.15, -0.1) is 10.2 Å². The Morgan fingerprint density at radius 1 is 1.41 bits per heavy atom. The fourth-order valence-corrected chi connectivity index (χ4v) is 2.40. The minimum atomic E-state index is 0.882. The number of anilines is 1. The predicted octanol–water partition coefficient (Wildman–Crippen LogP) is 2.46. The molecule has 0 radical (unpaired) electrons. The largest absolute Gasteiger partial charge is 0.360 e. The van der Waals surface area contributed by atoms with Crippen molar-refractivity contribution < 1.29 is 0 Å². The van der Waals surface area contributed by atoms with Crippen LogP contribution >= 0.6 is 11.3 Å². The monoisotopic (exact) mass is 251 g/mol. The van der Waals surface area contributed by atoms with Crippen LogP contribution in [0.4, 0.5) is 5.13 Å². The van der Waals surface area contributed by atoms with Crippen LogP contribution in [0.25, 0.3) is 10.7 Å². The summed E-state index contributed by atoms with van der Waals surface area (Å²) in [6.45, 7) is 5.10. The van der Waals surface area contributed by atoms with Crippen LogP contribution in [0, 0.1) is 6.92 Å². The number of aryl methyl sites for hydroxylation is 2. The number of hydrogen-bond donors (Lipinski definition) is 1.